The first kappa shape index (κ1) is 20.8. The first-order valence-corrected chi connectivity index (χ1v) is 8.96. The molecule has 2 rings (SSSR count). The molecule has 1 aliphatic rings. The second-order valence-electron chi connectivity index (χ2n) is 7.17. The van der Waals surface area contributed by atoms with E-state index in [0.29, 0.717) is 17.6 Å². The second kappa shape index (κ2) is 8.04. The van der Waals surface area contributed by atoms with Crippen LogP contribution in [0.1, 0.15) is 32.8 Å². The topological polar surface area (TPSA) is 50.8 Å². The van der Waals surface area contributed by atoms with Crippen molar-refractivity contribution >= 4 is 22.0 Å². The molecule has 1 aromatic carbocycles. The van der Waals surface area contributed by atoms with Crippen LogP contribution in [0.3, 0.4) is 0 Å². The number of benzene rings is 1. The van der Waals surface area contributed by atoms with E-state index in [1.54, 1.807) is 26.8 Å². The summed E-state index contributed by atoms with van der Waals surface area (Å²) >= 11 is 3.29. The van der Waals surface area contributed by atoms with Crippen molar-refractivity contribution in [2.24, 2.45) is 0 Å². The fraction of sp³-hybridized carbons (Fsp3) is 0.588. The summed E-state index contributed by atoms with van der Waals surface area (Å²) in [5.74, 6) is -0.265. The third-order valence-corrected chi connectivity index (χ3v) is 4.38. The molecule has 1 amide bonds. The first-order valence-electron chi connectivity index (χ1n) is 8.17. The zero-order chi connectivity index (χ0) is 19.5. The molecule has 0 spiro atoms. The fourth-order valence-electron chi connectivity index (χ4n) is 2.66. The summed E-state index contributed by atoms with van der Waals surface area (Å²) in [6.45, 7) is 7.38. The third-order valence-electron chi connectivity index (χ3n) is 3.65. The number of amides is 1. The SMILES string of the molecule is CC(C)(C)OC(=O)N[C@H]1CCN(Cc2ccc(OC(F)(F)F)cc2Br)C1. The number of nitrogens with zero attached hydrogens (tertiary/aromatic N) is 1. The summed E-state index contributed by atoms with van der Waals surface area (Å²) in [5.41, 5.74) is 0.297. The minimum atomic E-state index is -4.71. The Kier molecular flexibility index (Phi) is 6.44. The highest BCUT2D eigenvalue weighted by atomic mass is 79.9. The second-order valence-corrected chi connectivity index (χ2v) is 8.02. The van der Waals surface area contributed by atoms with Gasteiger partial charge < -0.3 is 14.8 Å². The van der Waals surface area contributed by atoms with Crippen LogP contribution in [0.25, 0.3) is 0 Å². The minimum Gasteiger partial charge on any atom is -0.444 e. The number of alkyl halides is 3. The van der Waals surface area contributed by atoms with Crippen LogP contribution in [0.4, 0.5) is 18.0 Å². The fourth-order valence-corrected chi connectivity index (χ4v) is 3.15. The number of hydrogen-bond acceptors (Lipinski definition) is 4. The van der Waals surface area contributed by atoms with Crippen molar-refractivity contribution in [3.8, 4) is 5.75 Å². The maximum atomic E-state index is 12.3. The standard InChI is InChI=1S/C17H22BrF3N2O3/c1-16(2,3)26-15(24)22-12-6-7-23(10-12)9-11-4-5-13(8-14(11)18)25-17(19,20)21/h4-5,8,12H,6-7,9-10H2,1-3H3,(H,22,24)/t12-/m0/s1. The van der Waals surface area contributed by atoms with Gasteiger partial charge in [-0.1, -0.05) is 22.0 Å². The van der Waals surface area contributed by atoms with Crippen LogP contribution in [0.15, 0.2) is 22.7 Å². The maximum Gasteiger partial charge on any atom is 0.573 e. The zero-order valence-corrected chi connectivity index (χ0v) is 16.4. The molecular formula is C17H22BrF3N2O3. The molecule has 1 fully saturated rings. The highest BCUT2D eigenvalue weighted by Gasteiger charge is 2.31. The Morgan fingerprint density at radius 3 is 2.62 bits per heavy atom. The normalized spacial score (nSPS) is 18.7. The molecule has 1 aromatic rings. The number of likely N-dealkylation sites (tertiary alicyclic amines) is 1. The van der Waals surface area contributed by atoms with Crippen molar-refractivity contribution in [1.29, 1.82) is 0 Å². The molecule has 1 heterocycles. The van der Waals surface area contributed by atoms with Gasteiger partial charge in [-0.2, -0.15) is 0 Å². The summed E-state index contributed by atoms with van der Waals surface area (Å²) in [6.07, 6.45) is -4.37. The van der Waals surface area contributed by atoms with Gasteiger partial charge in [0, 0.05) is 30.1 Å². The molecule has 0 unspecified atom stereocenters. The van der Waals surface area contributed by atoms with Gasteiger partial charge in [0.15, 0.2) is 0 Å². The molecular weight excluding hydrogens is 417 g/mol. The predicted molar refractivity (Wildman–Crippen MR) is 93.9 cm³/mol. The molecule has 0 radical (unpaired) electrons. The van der Waals surface area contributed by atoms with Gasteiger partial charge in [-0.15, -0.1) is 13.2 Å². The lowest BCUT2D eigenvalue weighted by molar-refractivity contribution is -0.274. The Bertz CT molecular complexity index is 647. The quantitative estimate of drug-likeness (QED) is 0.754. The van der Waals surface area contributed by atoms with Gasteiger partial charge >= 0.3 is 12.5 Å². The molecule has 1 saturated heterocycles. The van der Waals surface area contributed by atoms with E-state index in [0.717, 1.165) is 18.5 Å². The Morgan fingerprint density at radius 2 is 2.04 bits per heavy atom. The van der Waals surface area contributed by atoms with Gasteiger partial charge in [-0.25, -0.2) is 4.79 Å². The van der Waals surface area contributed by atoms with E-state index in [-0.39, 0.29) is 11.8 Å². The van der Waals surface area contributed by atoms with Crippen LogP contribution in [-0.2, 0) is 11.3 Å². The number of carbonyl (C=O) groups excluding carboxylic acids is 1. The van der Waals surface area contributed by atoms with Gasteiger partial charge in [0.2, 0.25) is 0 Å². The van der Waals surface area contributed by atoms with Gasteiger partial charge in [-0.05, 0) is 44.9 Å². The molecule has 5 nitrogen and oxygen atoms in total. The molecule has 1 N–H and O–H groups in total. The number of ether oxygens (including phenoxy) is 2. The van der Waals surface area contributed by atoms with E-state index in [1.807, 2.05) is 0 Å². The van der Waals surface area contributed by atoms with Crippen LogP contribution in [0.5, 0.6) is 5.75 Å². The van der Waals surface area contributed by atoms with Crippen molar-refractivity contribution in [3.05, 3.63) is 28.2 Å². The summed E-state index contributed by atoms with van der Waals surface area (Å²) in [6, 6.07) is 4.17. The highest BCUT2D eigenvalue weighted by molar-refractivity contribution is 9.10. The van der Waals surface area contributed by atoms with Crippen molar-refractivity contribution in [3.63, 3.8) is 0 Å². The molecule has 146 valence electrons. The Labute approximate surface area is 159 Å². The molecule has 0 bridgehead atoms. The zero-order valence-electron chi connectivity index (χ0n) is 14.8. The summed E-state index contributed by atoms with van der Waals surface area (Å²) in [7, 11) is 0. The van der Waals surface area contributed by atoms with Crippen molar-refractivity contribution in [2.45, 2.75) is 51.7 Å². The van der Waals surface area contributed by atoms with Crippen LogP contribution < -0.4 is 10.1 Å². The average molecular weight is 439 g/mol. The van der Waals surface area contributed by atoms with Crippen molar-refractivity contribution in [2.75, 3.05) is 13.1 Å². The van der Waals surface area contributed by atoms with E-state index in [9.17, 15) is 18.0 Å². The monoisotopic (exact) mass is 438 g/mol. The van der Waals surface area contributed by atoms with Gasteiger partial charge in [0.25, 0.3) is 0 Å². The lowest BCUT2D eigenvalue weighted by atomic mass is 10.2. The van der Waals surface area contributed by atoms with E-state index < -0.39 is 18.1 Å². The first-order chi connectivity index (χ1) is 11.9. The largest absolute Gasteiger partial charge is 0.573 e. The van der Waals surface area contributed by atoms with Crippen LogP contribution >= 0.6 is 15.9 Å². The molecule has 0 aliphatic carbocycles. The Hall–Kier alpha value is -1.48. The highest BCUT2D eigenvalue weighted by Crippen LogP contribution is 2.29. The van der Waals surface area contributed by atoms with E-state index in [1.165, 1.54) is 12.1 Å². The van der Waals surface area contributed by atoms with Crippen molar-refractivity contribution in [1.82, 2.24) is 10.2 Å². The number of alkyl carbamates (subject to hydrolysis) is 1. The summed E-state index contributed by atoms with van der Waals surface area (Å²) < 4.78 is 46.5. The number of rotatable bonds is 4. The van der Waals surface area contributed by atoms with Gasteiger partial charge in [-0.3, -0.25) is 4.90 Å². The Morgan fingerprint density at radius 1 is 1.35 bits per heavy atom. The summed E-state index contributed by atoms with van der Waals surface area (Å²) in [4.78, 5) is 13.9. The predicted octanol–water partition coefficient (Wildman–Crippen LogP) is 4.45. The number of nitrogens with one attached hydrogen (secondary N) is 1. The number of halogens is 4. The maximum absolute atomic E-state index is 12.3. The van der Waals surface area contributed by atoms with Gasteiger partial charge in [0.1, 0.15) is 11.4 Å². The van der Waals surface area contributed by atoms with Crippen LogP contribution in [-0.4, -0.2) is 42.1 Å². The lowest BCUT2D eigenvalue weighted by Gasteiger charge is -2.22. The minimum absolute atomic E-state index is 0.0172. The van der Waals surface area contributed by atoms with Crippen molar-refractivity contribution < 1.29 is 27.4 Å². The molecule has 9 heteroatoms. The van der Waals surface area contributed by atoms with E-state index in [4.69, 9.17) is 4.74 Å². The van der Waals surface area contributed by atoms with Crippen LogP contribution in [0, 0.1) is 0 Å². The smallest absolute Gasteiger partial charge is 0.444 e. The average Bonchev–Trinajstić information content (AvgIpc) is 2.85. The lowest BCUT2D eigenvalue weighted by Crippen LogP contribution is -2.40. The van der Waals surface area contributed by atoms with Crippen LogP contribution in [0.2, 0.25) is 0 Å². The molecule has 0 aromatic heterocycles. The molecule has 0 saturated carbocycles. The molecule has 26 heavy (non-hydrogen) atoms. The Balaban J connectivity index is 1.87. The summed E-state index contributed by atoms with van der Waals surface area (Å²) in [5, 5.41) is 2.84. The van der Waals surface area contributed by atoms with E-state index in [2.05, 4.69) is 30.9 Å². The third kappa shape index (κ3) is 7.03. The number of carbonyl (C=O) groups is 1. The number of hydrogen-bond donors (Lipinski definition) is 1. The molecule has 1 aliphatic heterocycles. The van der Waals surface area contributed by atoms with E-state index >= 15 is 0 Å². The molecule has 1 atom stereocenters. The van der Waals surface area contributed by atoms with Gasteiger partial charge in [0.05, 0.1) is 0 Å².